The number of carboxylic acid groups (broad SMARTS) is 1. The van der Waals surface area contributed by atoms with Gasteiger partial charge in [-0.2, -0.15) is 5.26 Å². The van der Waals surface area contributed by atoms with Gasteiger partial charge >= 0.3 is 5.97 Å². The molecule has 7 nitrogen and oxygen atoms in total. The van der Waals surface area contributed by atoms with Crippen LogP contribution in [0, 0.1) is 11.3 Å². The number of hydrogen-bond donors (Lipinski definition) is 2. The van der Waals surface area contributed by atoms with Crippen molar-refractivity contribution in [2.45, 2.75) is 29.3 Å². The number of aromatic nitrogens is 1. The maximum absolute atomic E-state index is 12.3. The Morgan fingerprint density at radius 3 is 3.00 bits per heavy atom. The highest BCUT2D eigenvalue weighted by atomic mass is 32.2. The van der Waals surface area contributed by atoms with Gasteiger partial charge in [0.1, 0.15) is 0 Å². The van der Waals surface area contributed by atoms with Gasteiger partial charge in [0.05, 0.1) is 23.7 Å². The van der Waals surface area contributed by atoms with E-state index in [1.54, 1.807) is 17.0 Å². The summed E-state index contributed by atoms with van der Waals surface area (Å²) in [6.45, 7) is 0.499. The molecule has 0 bridgehead atoms. The number of rotatable bonds is 7. The highest BCUT2D eigenvalue weighted by Crippen LogP contribution is 2.31. The summed E-state index contributed by atoms with van der Waals surface area (Å²) >= 11 is 2.70. The SMILES string of the molecule is N#Cc1ccccc1C(N)[C@H]1CCC(=O)N1CCSc1nc(C(=O)O)cs1. The van der Waals surface area contributed by atoms with Crippen LogP contribution in [0.1, 0.15) is 40.5 Å². The molecule has 1 aromatic heterocycles. The van der Waals surface area contributed by atoms with Crippen molar-refractivity contribution in [1.82, 2.24) is 9.88 Å². The van der Waals surface area contributed by atoms with E-state index in [1.165, 1.54) is 28.5 Å². The van der Waals surface area contributed by atoms with Crippen LogP contribution in [-0.4, -0.2) is 45.2 Å². The second kappa shape index (κ2) is 8.52. The summed E-state index contributed by atoms with van der Waals surface area (Å²) in [5.74, 6) is -0.396. The van der Waals surface area contributed by atoms with E-state index in [-0.39, 0.29) is 17.6 Å². The number of thioether (sulfide) groups is 1. The summed E-state index contributed by atoms with van der Waals surface area (Å²) in [6, 6.07) is 8.79. The lowest BCUT2D eigenvalue weighted by molar-refractivity contribution is -0.128. The molecule has 3 rings (SSSR count). The van der Waals surface area contributed by atoms with Gasteiger partial charge in [-0.25, -0.2) is 9.78 Å². The molecule has 1 fully saturated rings. The molecule has 2 aromatic rings. The fourth-order valence-corrected chi connectivity index (χ4v) is 4.98. The first kappa shape index (κ1) is 19.4. The van der Waals surface area contributed by atoms with Crippen LogP contribution in [0.5, 0.6) is 0 Å². The summed E-state index contributed by atoms with van der Waals surface area (Å²) < 4.78 is 0.662. The van der Waals surface area contributed by atoms with E-state index in [0.29, 0.717) is 35.0 Å². The lowest BCUT2D eigenvalue weighted by Crippen LogP contribution is -2.41. The van der Waals surface area contributed by atoms with E-state index in [9.17, 15) is 14.9 Å². The minimum absolute atomic E-state index is 0.0350. The van der Waals surface area contributed by atoms with Crippen LogP contribution >= 0.6 is 23.1 Å². The maximum atomic E-state index is 12.3. The van der Waals surface area contributed by atoms with Gasteiger partial charge in [-0.05, 0) is 18.1 Å². The molecule has 9 heteroatoms. The average Bonchev–Trinajstić information content (AvgIpc) is 3.29. The summed E-state index contributed by atoms with van der Waals surface area (Å²) in [7, 11) is 0. The van der Waals surface area contributed by atoms with E-state index in [1.807, 2.05) is 12.1 Å². The highest BCUT2D eigenvalue weighted by Gasteiger charge is 2.36. The van der Waals surface area contributed by atoms with Crippen LogP contribution < -0.4 is 5.73 Å². The third-order valence-corrected chi connectivity index (χ3v) is 6.49. The first-order valence-electron chi connectivity index (χ1n) is 8.37. The Balaban J connectivity index is 1.65. The van der Waals surface area contributed by atoms with E-state index in [4.69, 9.17) is 10.8 Å². The molecule has 2 heterocycles. The molecule has 1 unspecified atom stereocenters. The Morgan fingerprint density at radius 1 is 1.52 bits per heavy atom. The highest BCUT2D eigenvalue weighted by molar-refractivity contribution is 8.01. The zero-order valence-corrected chi connectivity index (χ0v) is 16.0. The first-order chi connectivity index (χ1) is 13.0. The van der Waals surface area contributed by atoms with Crippen LogP contribution in [-0.2, 0) is 4.79 Å². The molecule has 1 aromatic carbocycles. The number of thiazole rings is 1. The smallest absolute Gasteiger partial charge is 0.355 e. The molecular weight excluding hydrogens is 384 g/mol. The number of carbonyl (C=O) groups excluding carboxylic acids is 1. The Hall–Kier alpha value is -2.41. The first-order valence-corrected chi connectivity index (χ1v) is 10.2. The quantitative estimate of drug-likeness (QED) is 0.683. The van der Waals surface area contributed by atoms with Crippen molar-refractivity contribution in [2.75, 3.05) is 12.3 Å². The topological polar surface area (TPSA) is 120 Å². The number of carbonyl (C=O) groups is 2. The zero-order chi connectivity index (χ0) is 19.4. The van der Waals surface area contributed by atoms with Crippen LogP contribution in [0.15, 0.2) is 34.0 Å². The van der Waals surface area contributed by atoms with Crippen LogP contribution in [0.25, 0.3) is 0 Å². The number of nitrogens with zero attached hydrogens (tertiary/aromatic N) is 3. The van der Waals surface area contributed by atoms with Crippen molar-refractivity contribution >= 4 is 35.0 Å². The fraction of sp³-hybridized carbons (Fsp3) is 0.333. The number of hydrogen-bond acceptors (Lipinski definition) is 7. The summed E-state index contributed by atoms with van der Waals surface area (Å²) in [5.41, 5.74) is 7.74. The number of aromatic carboxylic acids is 1. The molecule has 0 radical (unpaired) electrons. The minimum Gasteiger partial charge on any atom is -0.476 e. The molecule has 0 spiro atoms. The lowest BCUT2D eigenvalue weighted by atomic mass is 9.94. The lowest BCUT2D eigenvalue weighted by Gasteiger charge is -2.30. The van der Waals surface area contributed by atoms with E-state index < -0.39 is 12.0 Å². The molecule has 1 amide bonds. The van der Waals surface area contributed by atoms with Crippen molar-refractivity contribution < 1.29 is 14.7 Å². The predicted octanol–water partition coefficient (Wildman–Crippen LogP) is 2.50. The summed E-state index contributed by atoms with van der Waals surface area (Å²) in [5, 5.41) is 19.7. The van der Waals surface area contributed by atoms with Gasteiger partial charge in [0.15, 0.2) is 10.0 Å². The van der Waals surface area contributed by atoms with Gasteiger partial charge in [0.2, 0.25) is 5.91 Å². The van der Waals surface area contributed by atoms with Gasteiger partial charge in [-0.1, -0.05) is 30.0 Å². The van der Waals surface area contributed by atoms with Crippen LogP contribution in [0.4, 0.5) is 0 Å². The molecule has 2 atom stereocenters. The summed E-state index contributed by atoms with van der Waals surface area (Å²) in [6.07, 6.45) is 1.10. The van der Waals surface area contributed by atoms with Gasteiger partial charge in [0.25, 0.3) is 0 Å². The number of nitrogens with two attached hydrogens (primary N) is 1. The monoisotopic (exact) mass is 402 g/mol. The number of likely N-dealkylation sites (tertiary alicyclic amines) is 1. The largest absolute Gasteiger partial charge is 0.476 e. The van der Waals surface area contributed by atoms with E-state index in [2.05, 4.69) is 11.1 Å². The third-order valence-electron chi connectivity index (χ3n) is 4.49. The van der Waals surface area contributed by atoms with Gasteiger partial charge < -0.3 is 15.7 Å². The van der Waals surface area contributed by atoms with Crippen molar-refractivity contribution in [3.8, 4) is 6.07 Å². The second-order valence-electron chi connectivity index (χ2n) is 6.07. The number of benzene rings is 1. The normalized spacial score (nSPS) is 17.7. The molecule has 1 aliphatic heterocycles. The van der Waals surface area contributed by atoms with Gasteiger partial charge in [-0.3, -0.25) is 4.79 Å². The molecule has 0 aliphatic carbocycles. The number of amides is 1. The Bertz CT molecular complexity index is 893. The molecule has 3 N–H and O–H groups in total. The molecule has 1 saturated heterocycles. The van der Waals surface area contributed by atoms with E-state index >= 15 is 0 Å². The van der Waals surface area contributed by atoms with Crippen molar-refractivity contribution in [1.29, 1.82) is 5.26 Å². The predicted molar refractivity (Wildman–Crippen MR) is 103 cm³/mol. The standard InChI is InChI=1S/C18H18N4O3S2/c19-9-11-3-1-2-4-12(11)16(20)14-5-6-15(23)22(14)7-8-26-18-21-13(10-27-18)17(24)25/h1-4,10,14,16H,5-8,20H2,(H,24,25)/t14-,16?/m1/s1. The van der Waals surface area contributed by atoms with Gasteiger partial charge in [0, 0.05) is 24.1 Å². The Labute approximate surface area is 164 Å². The molecule has 140 valence electrons. The average molecular weight is 403 g/mol. The van der Waals surface area contributed by atoms with E-state index in [0.717, 1.165) is 5.56 Å². The number of carboxylic acids is 1. The van der Waals surface area contributed by atoms with Crippen LogP contribution in [0.3, 0.4) is 0 Å². The molecule has 0 saturated carbocycles. The molecule has 1 aliphatic rings. The zero-order valence-electron chi connectivity index (χ0n) is 14.4. The minimum atomic E-state index is -1.05. The van der Waals surface area contributed by atoms with Gasteiger partial charge in [-0.15, -0.1) is 11.3 Å². The fourth-order valence-electron chi connectivity index (χ4n) is 3.17. The van der Waals surface area contributed by atoms with Crippen molar-refractivity contribution in [3.05, 3.63) is 46.5 Å². The van der Waals surface area contributed by atoms with Crippen molar-refractivity contribution in [2.24, 2.45) is 5.73 Å². The van der Waals surface area contributed by atoms with Crippen LogP contribution in [0.2, 0.25) is 0 Å². The molecule has 27 heavy (non-hydrogen) atoms. The molecular formula is C18H18N4O3S2. The maximum Gasteiger partial charge on any atom is 0.355 e. The third kappa shape index (κ3) is 4.30. The number of nitriles is 1. The Kier molecular flexibility index (Phi) is 6.11. The second-order valence-corrected chi connectivity index (χ2v) is 8.27. The summed E-state index contributed by atoms with van der Waals surface area (Å²) in [4.78, 5) is 29.0. The van der Waals surface area contributed by atoms with Crippen molar-refractivity contribution in [3.63, 3.8) is 0 Å². The Morgan fingerprint density at radius 2 is 2.30 bits per heavy atom.